The molecule has 1 spiro atoms. The number of hydrogen-bond donors (Lipinski definition) is 1. The van der Waals surface area contributed by atoms with Gasteiger partial charge in [0.15, 0.2) is 0 Å². The number of halogens is 1. The van der Waals surface area contributed by atoms with Gasteiger partial charge in [0.2, 0.25) is 5.95 Å². The molecule has 2 N–H and O–H groups in total. The lowest BCUT2D eigenvalue weighted by atomic mass is 9.59. The standard InChI is InChI=1S/C21H20FN3OS/c22-20-15(2-1-5-24-20)12-3-4-13-6-14-8-19(26)18(23)9-17(14)21(16(13)7-12)10-27-11-25-21/h1-5,7,11,14,17-18H,6,8-10,23H2/t14-,17-,18?,21?/m1/s1. The van der Waals surface area contributed by atoms with Crippen molar-refractivity contribution in [2.75, 3.05) is 5.75 Å². The van der Waals surface area contributed by atoms with Crippen molar-refractivity contribution in [2.45, 2.75) is 30.8 Å². The van der Waals surface area contributed by atoms with Crippen LogP contribution >= 0.6 is 11.8 Å². The smallest absolute Gasteiger partial charge is 0.220 e. The van der Waals surface area contributed by atoms with Crippen molar-refractivity contribution in [3.05, 3.63) is 53.6 Å². The number of nitrogens with two attached hydrogens (primary N) is 1. The third-order valence-electron chi connectivity index (χ3n) is 6.36. The van der Waals surface area contributed by atoms with E-state index in [0.29, 0.717) is 18.4 Å². The first kappa shape index (κ1) is 17.1. The van der Waals surface area contributed by atoms with Crippen LogP contribution in [0.1, 0.15) is 24.0 Å². The Morgan fingerprint density at radius 3 is 2.93 bits per heavy atom. The highest BCUT2D eigenvalue weighted by Gasteiger charge is 2.53. The molecule has 2 heterocycles. The number of nitrogens with zero attached hydrogens (tertiary/aromatic N) is 2. The molecular formula is C21H20FN3OS. The maximum Gasteiger partial charge on any atom is 0.220 e. The predicted octanol–water partition coefficient (Wildman–Crippen LogP) is 3.34. The molecule has 5 rings (SSSR count). The highest BCUT2D eigenvalue weighted by atomic mass is 32.2. The summed E-state index contributed by atoms with van der Waals surface area (Å²) in [5.41, 5.74) is 11.4. The van der Waals surface area contributed by atoms with Crippen molar-refractivity contribution in [2.24, 2.45) is 22.6 Å². The summed E-state index contributed by atoms with van der Waals surface area (Å²) in [7, 11) is 0. The molecule has 6 heteroatoms. The molecule has 3 aliphatic rings. The summed E-state index contributed by atoms with van der Waals surface area (Å²) in [5.74, 6) is 1.08. The van der Waals surface area contributed by atoms with Crippen molar-refractivity contribution in [3.63, 3.8) is 0 Å². The van der Waals surface area contributed by atoms with E-state index in [0.717, 1.165) is 23.3 Å². The fraction of sp³-hybridized carbons (Fsp3) is 0.381. The van der Waals surface area contributed by atoms with Crippen LogP contribution in [0.25, 0.3) is 11.1 Å². The highest BCUT2D eigenvalue weighted by molar-refractivity contribution is 8.12. The zero-order valence-corrected chi connectivity index (χ0v) is 15.6. The van der Waals surface area contributed by atoms with Crippen molar-refractivity contribution in [1.29, 1.82) is 0 Å². The van der Waals surface area contributed by atoms with Crippen LogP contribution in [0.4, 0.5) is 4.39 Å². The van der Waals surface area contributed by atoms with Crippen LogP contribution in [0.3, 0.4) is 0 Å². The van der Waals surface area contributed by atoms with Gasteiger partial charge in [-0.2, -0.15) is 4.39 Å². The Balaban J connectivity index is 1.66. The minimum absolute atomic E-state index is 0.165. The normalized spacial score (nSPS) is 31.8. The fourth-order valence-electron chi connectivity index (χ4n) is 5.04. The SMILES string of the molecule is NC1C[C@@H]2[C@@H](CC1=O)Cc1ccc(-c3cccnc3F)cc1C21CSC=N1. The molecule has 4 atom stereocenters. The van der Waals surface area contributed by atoms with Crippen molar-refractivity contribution >= 4 is 23.1 Å². The first-order chi connectivity index (χ1) is 13.1. The van der Waals surface area contributed by atoms with Gasteiger partial charge < -0.3 is 5.73 Å². The maximum absolute atomic E-state index is 14.2. The Morgan fingerprint density at radius 1 is 1.26 bits per heavy atom. The molecule has 0 bridgehead atoms. The number of pyridine rings is 1. The summed E-state index contributed by atoms with van der Waals surface area (Å²) in [6, 6.07) is 9.21. The molecule has 2 aliphatic carbocycles. The Kier molecular flexibility index (Phi) is 3.95. The van der Waals surface area contributed by atoms with E-state index in [1.165, 1.54) is 11.8 Å². The third-order valence-corrected chi connectivity index (χ3v) is 7.22. The van der Waals surface area contributed by atoms with E-state index in [-0.39, 0.29) is 23.2 Å². The molecule has 1 aromatic carbocycles. The number of Topliss-reactive ketones (excluding diaryl/α,β-unsaturated/α-hetero) is 1. The second kappa shape index (κ2) is 6.24. The Labute approximate surface area is 161 Å². The highest BCUT2D eigenvalue weighted by Crippen LogP contribution is 2.54. The van der Waals surface area contributed by atoms with Gasteiger partial charge in [0.25, 0.3) is 0 Å². The summed E-state index contributed by atoms with van der Waals surface area (Å²) in [6.07, 6.45) is 3.52. The number of aromatic nitrogens is 1. The molecular weight excluding hydrogens is 361 g/mol. The summed E-state index contributed by atoms with van der Waals surface area (Å²) >= 11 is 1.70. The maximum atomic E-state index is 14.2. The van der Waals surface area contributed by atoms with Crippen LogP contribution in [-0.4, -0.2) is 28.1 Å². The van der Waals surface area contributed by atoms with Crippen LogP contribution in [0.15, 0.2) is 41.5 Å². The number of benzene rings is 1. The van der Waals surface area contributed by atoms with E-state index in [9.17, 15) is 9.18 Å². The molecule has 1 aromatic heterocycles. The average molecular weight is 381 g/mol. The molecule has 1 saturated carbocycles. The zero-order chi connectivity index (χ0) is 18.6. The third kappa shape index (κ3) is 2.57. The first-order valence-electron chi connectivity index (χ1n) is 9.26. The van der Waals surface area contributed by atoms with Gasteiger partial charge in [0, 0.05) is 23.9 Å². The number of rotatable bonds is 1. The number of thioether (sulfide) groups is 1. The van der Waals surface area contributed by atoms with Gasteiger partial charge in [-0.1, -0.05) is 12.1 Å². The number of ketones is 1. The fourth-order valence-corrected chi connectivity index (χ4v) is 6.08. The van der Waals surface area contributed by atoms with Crippen LogP contribution in [0.5, 0.6) is 0 Å². The summed E-state index contributed by atoms with van der Waals surface area (Å²) < 4.78 is 14.2. The van der Waals surface area contributed by atoms with Gasteiger partial charge in [-0.3, -0.25) is 9.79 Å². The van der Waals surface area contributed by atoms with Gasteiger partial charge in [0.1, 0.15) is 5.78 Å². The van der Waals surface area contributed by atoms with E-state index < -0.39 is 12.0 Å². The van der Waals surface area contributed by atoms with E-state index in [1.54, 1.807) is 23.9 Å². The number of fused-ring (bicyclic) bond motifs is 4. The lowest BCUT2D eigenvalue weighted by Crippen LogP contribution is -2.52. The Morgan fingerprint density at radius 2 is 2.15 bits per heavy atom. The van der Waals surface area contributed by atoms with E-state index in [1.807, 2.05) is 11.6 Å². The van der Waals surface area contributed by atoms with Crippen molar-refractivity contribution in [3.8, 4) is 11.1 Å². The summed E-state index contributed by atoms with van der Waals surface area (Å²) in [4.78, 5) is 20.9. The quantitative estimate of drug-likeness (QED) is 0.770. The van der Waals surface area contributed by atoms with Crippen LogP contribution in [0.2, 0.25) is 0 Å². The lowest BCUT2D eigenvalue weighted by molar-refractivity contribution is -0.125. The monoisotopic (exact) mass is 381 g/mol. The van der Waals surface area contributed by atoms with Gasteiger partial charge in [-0.15, -0.1) is 11.8 Å². The molecule has 0 amide bonds. The lowest BCUT2D eigenvalue weighted by Gasteiger charge is -2.48. The molecule has 1 aliphatic heterocycles. The van der Waals surface area contributed by atoms with E-state index in [4.69, 9.17) is 10.7 Å². The van der Waals surface area contributed by atoms with Crippen molar-refractivity contribution < 1.29 is 9.18 Å². The number of carbonyl (C=O) groups is 1. The molecule has 0 radical (unpaired) electrons. The minimum Gasteiger partial charge on any atom is -0.321 e. The molecule has 27 heavy (non-hydrogen) atoms. The molecule has 138 valence electrons. The van der Waals surface area contributed by atoms with Crippen LogP contribution in [0, 0.1) is 17.8 Å². The van der Waals surface area contributed by atoms with Gasteiger partial charge >= 0.3 is 0 Å². The Hall–Kier alpha value is -2.05. The van der Waals surface area contributed by atoms with Gasteiger partial charge in [0.05, 0.1) is 17.1 Å². The van der Waals surface area contributed by atoms with Crippen LogP contribution in [-0.2, 0) is 16.8 Å². The molecule has 2 unspecified atom stereocenters. The van der Waals surface area contributed by atoms with Gasteiger partial charge in [-0.25, -0.2) is 4.98 Å². The van der Waals surface area contributed by atoms with Crippen LogP contribution < -0.4 is 5.73 Å². The second-order valence-corrected chi connectivity index (χ2v) is 8.60. The van der Waals surface area contributed by atoms with E-state index >= 15 is 0 Å². The number of carbonyl (C=O) groups excluding carboxylic acids is 1. The first-order valence-corrected chi connectivity index (χ1v) is 10.3. The summed E-state index contributed by atoms with van der Waals surface area (Å²) in [6.45, 7) is 0. The average Bonchev–Trinajstić information content (AvgIpc) is 3.15. The van der Waals surface area contributed by atoms with E-state index in [2.05, 4.69) is 17.1 Å². The zero-order valence-electron chi connectivity index (χ0n) is 14.8. The predicted molar refractivity (Wildman–Crippen MR) is 105 cm³/mol. The number of hydrogen-bond acceptors (Lipinski definition) is 5. The molecule has 4 nitrogen and oxygen atoms in total. The minimum atomic E-state index is -0.463. The second-order valence-electron chi connectivity index (χ2n) is 7.77. The largest absolute Gasteiger partial charge is 0.321 e. The van der Waals surface area contributed by atoms with Gasteiger partial charge in [-0.05, 0) is 59.6 Å². The van der Waals surface area contributed by atoms with Crippen molar-refractivity contribution in [1.82, 2.24) is 4.98 Å². The molecule has 2 aromatic rings. The Bertz CT molecular complexity index is 962. The molecule has 1 fully saturated rings. The summed E-state index contributed by atoms with van der Waals surface area (Å²) in [5, 5.41) is 0. The number of aliphatic imine (C=N–C) groups is 1. The molecule has 0 saturated heterocycles. The topological polar surface area (TPSA) is 68.3 Å².